The highest BCUT2D eigenvalue weighted by Crippen LogP contribution is 2.39. The Morgan fingerprint density at radius 1 is 1.15 bits per heavy atom. The molecule has 6 nitrogen and oxygen atoms in total. The topological polar surface area (TPSA) is 77.8 Å². The predicted octanol–water partition coefficient (Wildman–Crippen LogP) is 1.63. The van der Waals surface area contributed by atoms with Gasteiger partial charge in [-0.15, -0.1) is 0 Å². The lowest BCUT2D eigenvalue weighted by molar-refractivity contribution is 0.171. The fourth-order valence-electron chi connectivity index (χ4n) is 2.03. The third kappa shape index (κ3) is 2.14. The molecule has 2 aromatic rings. The van der Waals surface area contributed by atoms with Gasteiger partial charge in [0.15, 0.2) is 11.5 Å². The normalized spacial score (nSPS) is 14.2. The third-order valence-corrected chi connectivity index (χ3v) is 4.44. The number of sulfonamides is 1. The summed E-state index contributed by atoms with van der Waals surface area (Å²) in [6, 6.07) is 6.47. The van der Waals surface area contributed by atoms with E-state index in [1.54, 1.807) is 18.2 Å². The Hall–Kier alpha value is -1.99. The van der Waals surface area contributed by atoms with Gasteiger partial charge in [-0.1, -0.05) is 0 Å². The molecule has 0 saturated carbocycles. The molecule has 1 N–H and O–H groups in total. The van der Waals surface area contributed by atoms with Crippen molar-refractivity contribution in [2.75, 3.05) is 20.3 Å². The Bertz CT molecular complexity index is 721. The zero-order valence-electron chi connectivity index (χ0n) is 10.8. The van der Waals surface area contributed by atoms with Crippen LogP contribution in [0.25, 0.3) is 11.3 Å². The summed E-state index contributed by atoms with van der Waals surface area (Å²) in [7, 11) is -2.27. The Labute approximate surface area is 116 Å². The van der Waals surface area contributed by atoms with Gasteiger partial charge in [-0.3, -0.25) is 0 Å². The Balaban J connectivity index is 2.25. The molecule has 0 spiro atoms. The van der Waals surface area contributed by atoms with Gasteiger partial charge in [-0.2, -0.15) is 0 Å². The van der Waals surface area contributed by atoms with E-state index in [-0.39, 0.29) is 4.90 Å². The zero-order valence-corrected chi connectivity index (χ0v) is 11.6. The molecule has 0 atom stereocenters. The smallest absolute Gasteiger partial charge is 0.241 e. The highest BCUT2D eigenvalue weighted by molar-refractivity contribution is 7.89. The summed E-state index contributed by atoms with van der Waals surface area (Å²) in [6.07, 6.45) is 1.49. The molecule has 0 radical (unpaired) electrons. The van der Waals surface area contributed by atoms with Crippen LogP contribution in [0.4, 0.5) is 0 Å². The molecule has 20 heavy (non-hydrogen) atoms. The average molecular weight is 295 g/mol. The second-order valence-electron chi connectivity index (χ2n) is 4.18. The molecule has 7 heteroatoms. The molecule has 0 saturated heterocycles. The van der Waals surface area contributed by atoms with E-state index in [1.165, 1.54) is 19.4 Å². The molecule has 3 rings (SSSR count). The summed E-state index contributed by atoms with van der Waals surface area (Å²) in [6.45, 7) is 0.828. The molecule has 0 bridgehead atoms. The third-order valence-electron chi connectivity index (χ3n) is 2.99. The van der Waals surface area contributed by atoms with Crippen molar-refractivity contribution in [2.24, 2.45) is 0 Å². The Morgan fingerprint density at radius 2 is 1.85 bits per heavy atom. The summed E-state index contributed by atoms with van der Waals surface area (Å²) >= 11 is 0. The van der Waals surface area contributed by atoms with Gasteiger partial charge in [-0.25, -0.2) is 13.1 Å². The molecule has 0 unspecified atom stereocenters. The molecule has 0 aliphatic carbocycles. The summed E-state index contributed by atoms with van der Waals surface area (Å²) < 4.78 is 42.8. The first-order chi connectivity index (χ1) is 9.62. The maximum absolute atomic E-state index is 12.2. The van der Waals surface area contributed by atoms with Crippen LogP contribution in [0, 0.1) is 0 Å². The van der Waals surface area contributed by atoms with E-state index in [0.29, 0.717) is 36.0 Å². The predicted molar refractivity (Wildman–Crippen MR) is 71.4 cm³/mol. The molecule has 0 amide bonds. The summed E-state index contributed by atoms with van der Waals surface area (Å²) in [5, 5.41) is 0. The minimum absolute atomic E-state index is 0.0965. The lowest BCUT2D eigenvalue weighted by atomic mass is 10.1. The van der Waals surface area contributed by atoms with Crippen LogP contribution in [-0.2, 0) is 10.0 Å². The van der Waals surface area contributed by atoms with E-state index in [2.05, 4.69) is 4.72 Å². The van der Waals surface area contributed by atoms with Gasteiger partial charge < -0.3 is 13.9 Å². The van der Waals surface area contributed by atoms with Crippen molar-refractivity contribution in [1.29, 1.82) is 0 Å². The molecular formula is C13H13NO5S. The zero-order chi connectivity index (χ0) is 14.2. The van der Waals surface area contributed by atoms with E-state index in [0.717, 1.165) is 0 Å². The van der Waals surface area contributed by atoms with Crippen molar-refractivity contribution in [3.05, 3.63) is 30.5 Å². The van der Waals surface area contributed by atoms with E-state index >= 15 is 0 Å². The van der Waals surface area contributed by atoms with Gasteiger partial charge in [0, 0.05) is 11.6 Å². The lowest BCUT2D eigenvalue weighted by Crippen LogP contribution is -2.21. The second-order valence-corrected chi connectivity index (χ2v) is 6.03. The van der Waals surface area contributed by atoms with E-state index in [9.17, 15) is 8.42 Å². The maximum atomic E-state index is 12.2. The van der Waals surface area contributed by atoms with E-state index < -0.39 is 10.0 Å². The first-order valence-corrected chi connectivity index (χ1v) is 7.51. The molecule has 1 aliphatic rings. The van der Waals surface area contributed by atoms with Gasteiger partial charge >= 0.3 is 0 Å². The molecule has 2 heterocycles. The molecular weight excluding hydrogens is 282 g/mol. The standard InChI is InChI=1S/C13H13NO5S/c1-14-20(15,16)13-8-12-11(18-5-6-19-12)7-9(13)10-3-2-4-17-10/h2-4,7-8,14H,5-6H2,1H3. The van der Waals surface area contributed by atoms with Crippen molar-refractivity contribution in [3.63, 3.8) is 0 Å². The van der Waals surface area contributed by atoms with Crippen molar-refractivity contribution < 1.29 is 22.3 Å². The molecule has 106 valence electrons. The molecule has 1 aromatic heterocycles. The van der Waals surface area contributed by atoms with E-state index in [4.69, 9.17) is 13.9 Å². The van der Waals surface area contributed by atoms with Crippen molar-refractivity contribution in [2.45, 2.75) is 4.90 Å². The Kier molecular flexibility index (Phi) is 3.15. The number of hydrogen-bond acceptors (Lipinski definition) is 5. The second kappa shape index (κ2) is 4.84. The van der Waals surface area contributed by atoms with Crippen LogP contribution in [0.3, 0.4) is 0 Å². The van der Waals surface area contributed by atoms with Gasteiger partial charge in [-0.05, 0) is 25.2 Å². The van der Waals surface area contributed by atoms with Gasteiger partial charge in [0.2, 0.25) is 10.0 Å². The SMILES string of the molecule is CNS(=O)(=O)c1cc2c(cc1-c1ccco1)OCCO2. The molecule has 1 aromatic carbocycles. The molecule has 1 aliphatic heterocycles. The minimum atomic E-state index is -3.63. The number of ether oxygens (including phenoxy) is 2. The van der Waals surface area contributed by atoms with Gasteiger partial charge in [0.05, 0.1) is 11.2 Å². The monoisotopic (exact) mass is 295 g/mol. The van der Waals surface area contributed by atoms with Crippen molar-refractivity contribution in [3.8, 4) is 22.8 Å². The van der Waals surface area contributed by atoms with Crippen LogP contribution < -0.4 is 14.2 Å². The van der Waals surface area contributed by atoms with Gasteiger partial charge in [0.25, 0.3) is 0 Å². The minimum Gasteiger partial charge on any atom is -0.486 e. The number of hydrogen-bond donors (Lipinski definition) is 1. The number of furan rings is 1. The van der Waals surface area contributed by atoms with Crippen LogP contribution in [-0.4, -0.2) is 28.7 Å². The van der Waals surface area contributed by atoms with Crippen LogP contribution in [0.5, 0.6) is 11.5 Å². The Morgan fingerprint density at radius 3 is 2.45 bits per heavy atom. The number of benzene rings is 1. The largest absolute Gasteiger partial charge is 0.486 e. The van der Waals surface area contributed by atoms with Crippen LogP contribution in [0.1, 0.15) is 0 Å². The number of fused-ring (bicyclic) bond motifs is 1. The first-order valence-electron chi connectivity index (χ1n) is 6.03. The fraction of sp³-hybridized carbons (Fsp3) is 0.231. The van der Waals surface area contributed by atoms with Crippen molar-refractivity contribution >= 4 is 10.0 Å². The summed E-state index contributed by atoms with van der Waals surface area (Å²) in [4.78, 5) is 0.0965. The van der Waals surface area contributed by atoms with Gasteiger partial charge in [0.1, 0.15) is 19.0 Å². The lowest BCUT2D eigenvalue weighted by Gasteiger charge is -2.20. The maximum Gasteiger partial charge on any atom is 0.241 e. The quantitative estimate of drug-likeness (QED) is 0.931. The van der Waals surface area contributed by atoms with Crippen LogP contribution in [0.2, 0.25) is 0 Å². The molecule has 0 fully saturated rings. The van der Waals surface area contributed by atoms with Crippen molar-refractivity contribution in [1.82, 2.24) is 4.72 Å². The first kappa shape index (κ1) is 13.0. The fourth-order valence-corrected chi connectivity index (χ4v) is 2.96. The highest BCUT2D eigenvalue weighted by atomic mass is 32.2. The van der Waals surface area contributed by atoms with Crippen LogP contribution >= 0.6 is 0 Å². The van der Waals surface area contributed by atoms with E-state index in [1.807, 2.05) is 0 Å². The number of rotatable bonds is 3. The highest BCUT2D eigenvalue weighted by Gasteiger charge is 2.24. The summed E-state index contributed by atoms with van der Waals surface area (Å²) in [5.41, 5.74) is 0.439. The number of nitrogens with one attached hydrogen (secondary N) is 1. The van der Waals surface area contributed by atoms with Crippen LogP contribution in [0.15, 0.2) is 39.8 Å². The average Bonchev–Trinajstić information content (AvgIpc) is 3.00. The summed E-state index contributed by atoms with van der Waals surface area (Å²) in [5.74, 6) is 1.38.